The molecule has 0 spiro atoms. The smallest absolute Gasteiger partial charge is 0.00790 e. The van der Waals surface area contributed by atoms with Crippen LogP contribution in [-0.2, 0) is 0 Å². The Morgan fingerprint density at radius 3 is 2.58 bits per heavy atom. The summed E-state index contributed by atoms with van der Waals surface area (Å²) in [4.78, 5) is 0. The molecule has 6 atom stereocenters. The van der Waals surface area contributed by atoms with Crippen LogP contribution in [0.3, 0.4) is 0 Å². The molecule has 24 heavy (non-hydrogen) atoms. The van der Waals surface area contributed by atoms with E-state index in [0.717, 1.165) is 23.7 Å². The Bertz CT molecular complexity index is 628. The lowest BCUT2D eigenvalue weighted by Crippen LogP contribution is -2.50. The van der Waals surface area contributed by atoms with E-state index < -0.39 is 0 Å². The van der Waals surface area contributed by atoms with E-state index in [0.29, 0.717) is 10.8 Å². The maximum atomic E-state index is 4.18. The predicted molar refractivity (Wildman–Crippen MR) is 101 cm³/mol. The molecule has 0 heteroatoms. The van der Waals surface area contributed by atoms with E-state index in [1.807, 2.05) is 5.57 Å². The van der Waals surface area contributed by atoms with Crippen molar-refractivity contribution in [1.82, 2.24) is 0 Å². The highest BCUT2D eigenvalue weighted by Gasteiger charge is 2.58. The SMILES string of the molecule is C=C[C@H]1CCC2C3CCC4=C/C(=C5/[CH]C5)CC[C@]4(C)C3CC[C@@]21C. The van der Waals surface area contributed by atoms with E-state index in [-0.39, 0.29) is 0 Å². The molecular formula is C24H33. The third kappa shape index (κ3) is 1.98. The molecule has 4 saturated carbocycles. The summed E-state index contributed by atoms with van der Waals surface area (Å²) in [7, 11) is 0. The average Bonchev–Trinajstić information content (AvgIpc) is 3.36. The molecule has 4 fully saturated rings. The molecule has 0 aromatic rings. The summed E-state index contributed by atoms with van der Waals surface area (Å²) >= 11 is 0. The second kappa shape index (κ2) is 5.12. The van der Waals surface area contributed by atoms with E-state index in [1.54, 1.807) is 11.1 Å². The molecule has 3 unspecified atom stereocenters. The number of allylic oxidation sites excluding steroid dienone is 5. The predicted octanol–water partition coefficient (Wildman–Crippen LogP) is 6.66. The van der Waals surface area contributed by atoms with Crippen LogP contribution in [-0.4, -0.2) is 0 Å². The summed E-state index contributed by atoms with van der Waals surface area (Å²) in [5, 5.41) is 0. The van der Waals surface area contributed by atoms with Crippen LogP contribution in [0.1, 0.15) is 71.6 Å². The first-order chi connectivity index (χ1) is 11.6. The Balaban J connectivity index is 1.48. The van der Waals surface area contributed by atoms with Crippen molar-refractivity contribution in [3.63, 3.8) is 0 Å². The zero-order chi connectivity index (χ0) is 16.5. The van der Waals surface area contributed by atoms with Crippen molar-refractivity contribution >= 4 is 0 Å². The highest BCUT2D eigenvalue weighted by molar-refractivity contribution is 5.46. The molecule has 0 heterocycles. The maximum absolute atomic E-state index is 4.18. The summed E-state index contributed by atoms with van der Waals surface area (Å²) in [6.07, 6.45) is 20.0. The fourth-order valence-corrected chi connectivity index (χ4v) is 7.58. The lowest BCUT2D eigenvalue weighted by atomic mass is 9.46. The van der Waals surface area contributed by atoms with Crippen molar-refractivity contribution in [3.8, 4) is 0 Å². The van der Waals surface area contributed by atoms with Gasteiger partial charge in [-0.3, -0.25) is 0 Å². The summed E-state index contributed by atoms with van der Waals surface area (Å²) < 4.78 is 0. The molecule has 0 N–H and O–H groups in total. The molecule has 0 saturated heterocycles. The lowest BCUT2D eigenvalue weighted by molar-refractivity contribution is -0.0438. The van der Waals surface area contributed by atoms with E-state index in [1.165, 1.54) is 57.8 Å². The van der Waals surface area contributed by atoms with Gasteiger partial charge in [-0.1, -0.05) is 37.1 Å². The minimum atomic E-state index is 0.509. The van der Waals surface area contributed by atoms with E-state index >= 15 is 0 Å². The molecule has 5 rings (SSSR count). The number of hydrogen-bond acceptors (Lipinski definition) is 0. The topological polar surface area (TPSA) is 0 Å². The number of rotatable bonds is 1. The van der Waals surface area contributed by atoms with Gasteiger partial charge in [0.05, 0.1) is 0 Å². The zero-order valence-electron chi connectivity index (χ0n) is 15.6. The molecule has 0 aromatic heterocycles. The largest absolute Gasteiger partial charge is 0.103 e. The molecule has 0 aromatic carbocycles. The van der Waals surface area contributed by atoms with Gasteiger partial charge in [-0.25, -0.2) is 0 Å². The zero-order valence-corrected chi connectivity index (χ0v) is 15.6. The first kappa shape index (κ1) is 15.5. The summed E-state index contributed by atoms with van der Waals surface area (Å²) in [5.74, 6) is 3.68. The average molecular weight is 322 g/mol. The summed E-state index contributed by atoms with van der Waals surface area (Å²) in [5.41, 5.74) is 6.24. The Hall–Kier alpha value is -0.780. The minimum Gasteiger partial charge on any atom is -0.103 e. The summed E-state index contributed by atoms with van der Waals surface area (Å²) in [6, 6.07) is 0. The standard InChI is InChI=1S/C24H33/c1-4-18-8-10-21-20-9-7-19-15-17(16-5-6-16)11-13-24(19,3)22(20)12-14-23(18,21)2/h4-5,15,18,20-22H,1,6-14H2,2-3H3/b17-16-/t18-,20?,21?,22?,23+,24-/m0/s1. The molecule has 0 amide bonds. The molecule has 0 aliphatic heterocycles. The number of hydrogen-bond donors (Lipinski definition) is 0. The Labute approximate surface area is 148 Å². The van der Waals surface area contributed by atoms with E-state index in [2.05, 4.69) is 39.0 Å². The molecule has 0 nitrogen and oxygen atoms in total. The van der Waals surface area contributed by atoms with E-state index in [9.17, 15) is 0 Å². The normalized spacial score (nSPS) is 52.8. The van der Waals surface area contributed by atoms with Gasteiger partial charge in [-0.2, -0.15) is 0 Å². The van der Waals surface area contributed by atoms with Crippen molar-refractivity contribution in [2.75, 3.05) is 0 Å². The van der Waals surface area contributed by atoms with Crippen molar-refractivity contribution < 1.29 is 0 Å². The van der Waals surface area contributed by atoms with Gasteiger partial charge in [0.2, 0.25) is 0 Å². The van der Waals surface area contributed by atoms with Crippen molar-refractivity contribution in [2.24, 2.45) is 34.5 Å². The first-order valence-electron chi connectivity index (χ1n) is 10.4. The third-order valence-corrected chi connectivity index (χ3v) is 9.18. The second-order valence-electron chi connectivity index (χ2n) is 9.93. The molecule has 1 radical (unpaired) electrons. The maximum Gasteiger partial charge on any atom is -0.00790 e. The van der Waals surface area contributed by atoms with Crippen LogP contribution < -0.4 is 0 Å². The van der Waals surface area contributed by atoms with Crippen LogP contribution in [0, 0.1) is 40.9 Å². The van der Waals surface area contributed by atoms with Crippen LogP contribution >= 0.6 is 0 Å². The van der Waals surface area contributed by atoms with Crippen LogP contribution in [0.15, 0.2) is 35.5 Å². The Morgan fingerprint density at radius 1 is 1.00 bits per heavy atom. The van der Waals surface area contributed by atoms with Gasteiger partial charge >= 0.3 is 0 Å². The summed E-state index contributed by atoms with van der Waals surface area (Å²) in [6.45, 7) is 9.42. The van der Waals surface area contributed by atoms with Crippen molar-refractivity contribution in [1.29, 1.82) is 0 Å². The van der Waals surface area contributed by atoms with Crippen LogP contribution in [0.5, 0.6) is 0 Å². The van der Waals surface area contributed by atoms with Gasteiger partial charge in [-0.15, -0.1) is 6.58 Å². The molecule has 5 aliphatic carbocycles. The molecular weight excluding hydrogens is 288 g/mol. The van der Waals surface area contributed by atoms with Crippen molar-refractivity contribution in [2.45, 2.75) is 71.6 Å². The van der Waals surface area contributed by atoms with Crippen LogP contribution in [0.2, 0.25) is 0 Å². The third-order valence-electron chi connectivity index (χ3n) is 9.18. The lowest BCUT2D eigenvalue weighted by Gasteiger charge is -2.58. The monoisotopic (exact) mass is 321 g/mol. The minimum absolute atomic E-state index is 0.509. The fraction of sp³-hybridized carbons (Fsp3) is 0.708. The molecule has 0 bridgehead atoms. The number of fused-ring (bicyclic) bond motifs is 5. The van der Waals surface area contributed by atoms with Gasteiger partial charge in [0, 0.05) is 0 Å². The highest BCUT2D eigenvalue weighted by Crippen LogP contribution is 2.67. The quantitative estimate of drug-likeness (QED) is 0.474. The van der Waals surface area contributed by atoms with Gasteiger partial charge in [0.25, 0.3) is 0 Å². The van der Waals surface area contributed by atoms with Crippen LogP contribution in [0.25, 0.3) is 0 Å². The van der Waals surface area contributed by atoms with Gasteiger partial charge in [-0.05, 0) is 104 Å². The van der Waals surface area contributed by atoms with Crippen LogP contribution in [0.4, 0.5) is 0 Å². The van der Waals surface area contributed by atoms with Gasteiger partial charge in [0.15, 0.2) is 0 Å². The van der Waals surface area contributed by atoms with Crippen molar-refractivity contribution in [3.05, 3.63) is 41.9 Å². The Morgan fingerprint density at radius 2 is 1.83 bits per heavy atom. The fourth-order valence-electron chi connectivity index (χ4n) is 7.58. The molecule has 5 aliphatic rings. The molecule has 129 valence electrons. The second-order valence-corrected chi connectivity index (χ2v) is 9.93. The Kier molecular flexibility index (Phi) is 3.30. The van der Waals surface area contributed by atoms with E-state index in [4.69, 9.17) is 0 Å². The van der Waals surface area contributed by atoms with Gasteiger partial charge < -0.3 is 0 Å². The first-order valence-corrected chi connectivity index (χ1v) is 10.4. The van der Waals surface area contributed by atoms with Gasteiger partial charge in [0.1, 0.15) is 0 Å². The highest BCUT2D eigenvalue weighted by atomic mass is 14.6.